The Kier molecular flexibility index (Phi) is 2.89. The first-order valence-electron chi connectivity index (χ1n) is 6.69. The lowest BCUT2D eigenvalue weighted by molar-refractivity contribution is 0.254. The molecular weight excluding hydrogens is 286 g/mol. The molecule has 3 aromatic rings. The fraction of sp³-hybridized carbons (Fsp3) is 0.200. The molecule has 4 rings (SSSR count). The number of nitrogens with zero attached hydrogens (tertiary/aromatic N) is 2. The van der Waals surface area contributed by atoms with Crippen LogP contribution in [-0.4, -0.2) is 16.7 Å². The maximum absolute atomic E-state index is 5.88. The predicted octanol–water partition coefficient (Wildman–Crippen LogP) is 3.10. The van der Waals surface area contributed by atoms with Crippen molar-refractivity contribution in [3.05, 3.63) is 47.1 Å². The number of aromatic nitrogens is 2. The van der Waals surface area contributed by atoms with Gasteiger partial charge in [-0.25, -0.2) is 0 Å². The molecule has 0 bridgehead atoms. The third kappa shape index (κ3) is 2.17. The number of ether oxygens (including phenoxy) is 1. The van der Waals surface area contributed by atoms with Gasteiger partial charge in [0.05, 0.1) is 18.2 Å². The number of thiophene rings is 1. The zero-order chi connectivity index (χ0) is 14.2. The summed E-state index contributed by atoms with van der Waals surface area (Å²) in [7, 11) is 0. The summed E-state index contributed by atoms with van der Waals surface area (Å²) in [5.41, 5.74) is 7.73. The Balaban J connectivity index is 1.61. The molecule has 1 aromatic carbocycles. The lowest BCUT2D eigenvalue weighted by Gasteiger charge is -2.22. The van der Waals surface area contributed by atoms with Crippen LogP contribution in [0.1, 0.15) is 17.3 Å². The lowest BCUT2D eigenvalue weighted by atomic mass is 9.96. The van der Waals surface area contributed by atoms with E-state index in [1.807, 2.05) is 29.6 Å². The Labute approximate surface area is 125 Å². The summed E-state index contributed by atoms with van der Waals surface area (Å²) in [6.45, 7) is 0.565. The Morgan fingerprint density at radius 3 is 3.00 bits per heavy atom. The van der Waals surface area contributed by atoms with Crippen LogP contribution >= 0.6 is 11.3 Å². The Hall–Kier alpha value is -2.34. The number of benzene rings is 1. The number of nitrogen functional groups attached to an aromatic ring is 1. The van der Waals surface area contributed by atoms with Crippen LogP contribution in [0.5, 0.6) is 5.75 Å². The molecule has 1 unspecified atom stereocenters. The van der Waals surface area contributed by atoms with Crippen molar-refractivity contribution in [1.82, 2.24) is 10.1 Å². The molecular formula is C15H13N3O2S. The third-order valence-corrected chi connectivity index (χ3v) is 4.49. The van der Waals surface area contributed by atoms with Crippen LogP contribution in [0.3, 0.4) is 0 Å². The molecule has 3 heterocycles. The molecule has 106 valence electrons. The van der Waals surface area contributed by atoms with Crippen LogP contribution in [0.25, 0.3) is 10.8 Å². The second-order valence-corrected chi connectivity index (χ2v) is 5.90. The summed E-state index contributed by atoms with van der Waals surface area (Å²) in [5.74, 6) is 2.21. The monoisotopic (exact) mass is 299 g/mol. The van der Waals surface area contributed by atoms with Crippen molar-refractivity contribution in [2.24, 2.45) is 0 Å². The zero-order valence-corrected chi connectivity index (χ0v) is 12.0. The van der Waals surface area contributed by atoms with E-state index in [1.54, 1.807) is 0 Å². The second kappa shape index (κ2) is 4.89. The van der Waals surface area contributed by atoms with E-state index in [0.717, 1.165) is 17.0 Å². The summed E-state index contributed by atoms with van der Waals surface area (Å²) in [6, 6.07) is 9.88. The largest absolute Gasteiger partial charge is 0.493 e. The van der Waals surface area contributed by atoms with Crippen LogP contribution in [0.4, 0.5) is 5.69 Å². The maximum Gasteiger partial charge on any atom is 0.270 e. The smallest absolute Gasteiger partial charge is 0.270 e. The first-order valence-corrected chi connectivity index (χ1v) is 7.57. The Bertz CT molecular complexity index is 781. The van der Waals surface area contributed by atoms with Crippen molar-refractivity contribution >= 4 is 17.0 Å². The third-order valence-electron chi connectivity index (χ3n) is 3.58. The van der Waals surface area contributed by atoms with Crippen molar-refractivity contribution in [2.75, 3.05) is 12.3 Å². The zero-order valence-electron chi connectivity index (χ0n) is 11.2. The molecule has 1 atom stereocenters. The van der Waals surface area contributed by atoms with Crippen molar-refractivity contribution in [3.8, 4) is 16.5 Å². The number of hydrogen-bond donors (Lipinski definition) is 1. The quantitative estimate of drug-likeness (QED) is 0.787. The molecule has 0 aliphatic carbocycles. The van der Waals surface area contributed by atoms with Gasteiger partial charge in [0.2, 0.25) is 0 Å². The number of para-hydroxylation sites is 1. The molecule has 2 N–H and O–H groups in total. The minimum absolute atomic E-state index is 0.110. The van der Waals surface area contributed by atoms with E-state index in [9.17, 15) is 0 Å². The Morgan fingerprint density at radius 2 is 2.14 bits per heavy atom. The van der Waals surface area contributed by atoms with Crippen LogP contribution in [0.2, 0.25) is 0 Å². The first kappa shape index (κ1) is 12.4. The van der Waals surface area contributed by atoms with E-state index in [4.69, 9.17) is 15.0 Å². The van der Waals surface area contributed by atoms with Crippen molar-refractivity contribution in [3.63, 3.8) is 0 Å². The van der Waals surface area contributed by atoms with Gasteiger partial charge in [-0.15, -0.1) is 11.3 Å². The Morgan fingerprint density at radius 1 is 1.24 bits per heavy atom. The highest BCUT2D eigenvalue weighted by Crippen LogP contribution is 2.34. The number of rotatable bonds is 2. The van der Waals surface area contributed by atoms with Crippen LogP contribution in [0, 0.1) is 0 Å². The molecule has 5 nitrogen and oxygen atoms in total. The van der Waals surface area contributed by atoms with E-state index in [2.05, 4.69) is 16.2 Å². The average molecular weight is 299 g/mol. The maximum atomic E-state index is 5.88. The highest BCUT2D eigenvalue weighted by molar-refractivity contribution is 7.14. The summed E-state index contributed by atoms with van der Waals surface area (Å²) in [6.07, 6.45) is 0.856. The highest BCUT2D eigenvalue weighted by Gasteiger charge is 2.26. The van der Waals surface area contributed by atoms with E-state index in [0.29, 0.717) is 24.0 Å². The molecule has 0 saturated carbocycles. The lowest BCUT2D eigenvalue weighted by Crippen LogP contribution is -2.20. The minimum atomic E-state index is 0.110. The van der Waals surface area contributed by atoms with Gasteiger partial charge < -0.3 is 15.0 Å². The van der Waals surface area contributed by atoms with Crippen molar-refractivity contribution in [1.29, 1.82) is 0 Å². The van der Waals surface area contributed by atoms with Gasteiger partial charge in [0.25, 0.3) is 5.89 Å². The molecule has 0 spiro atoms. The topological polar surface area (TPSA) is 74.2 Å². The number of nitrogens with two attached hydrogens (primary N) is 1. The molecule has 1 aliphatic heterocycles. The average Bonchev–Trinajstić information content (AvgIpc) is 3.15. The minimum Gasteiger partial charge on any atom is -0.493 e. The number of fused-ring (bicyclic) bond motifs is 1. The van der Waals surface area contributed by atoms with Gasteiger partial charge in [-0.05, 0) is 29.5 Å². The molecule has 0 radical (unpaired) electrons. The standard InChI is InChI=1S/C15H13N3O2S/c16-11-5-6-21-13(11)15-17-14(18-20-15)10-7-9-3-1-2-4-12(9)19-8-10/h1-6,10H,7-8,16H2. The molecule has 6 heteroatoms. The molecule has 2 aromatic heterocycles. The normalized spacial score (nSPS) is 17.2. The molecule has 0 amide bonds. The van der Waals surface area contributed by atoms with E-state index in [1.165, 1.54) is 16.9 Å². The second-order valence-electron chi connectivity index (χ2n) is 4.98. The van der Waals surface area contributed by atoms with Gasteiger partial charge in [-0.2, -0.15) is 4.98 Å². The molecule has 0 fully saturated rings. The summed E-state index contributed by atoms with van der Waals surface area (Å²) < 4.78 is 11.1. The molecule has 1 aliphatic rings. The van der Waals surface area contributed by atoms with Gasteiger partial charge in [0.1, 0.15) is 10.6 Å². The predicted molar refractivity (Wildman–Crippen MR) is 80.4 cm³/mol. The number of anilines is 1. The fourth-order valence-corrected chi connectivity index (χ4v) is 3.22. The SMILES string of the molecule is Nc1ccsc1-c1nc(C2COc3ccccc3C2)no1. The van der Waals surface area contributed by atoms with Gasteiger partial charge >= 0.3 is 0 Å². The summed E-state index contributed by atoms with van der Waals surface area (Å²) >= 11 is 1.50. The number of hydrogen-bond acceptors (Lipinski definition) is 6. The molecule has 0 saturated heterocycles. The van der Waals surface area contributed by atoms with Gasteiger partial charge in [0.15, 0.2) is 5.82 Å². The van der Waals surface area contributed by atoms with Crippen molar-refractivity contribution in [2.45, 2.75) is 12.3 Å². The molecule has 21 heavy (non-hydrogen) atoms. The van der Waals surface area contributed by atoms with Gasteiger partial charge in [-0.1, -0.05) is 23.4 Å². The van der Waals surface area contributed by atoms with E-state index < -0.39 is 0 Å². The summed E-state index contributed by atoms with van der Waals surface area (Å²) in [5, 5.41) is 6.01. The van der Waals surface area contributed by atoms with Gasteiger partial charge in [0, 0.05) is 0 Å². The van der Waals surface area contributed by atoms with Crippen molar-refractivity contribution < 1.29 is 9.26 Å². The van der Waals surface area contributed by atoms with Crippen LogP contribution < -0.4 is 10.5 Å². The van der Waals surface area contributed by atoms with Crippen LogP contribution in [0.15, 0.2) is 40.2 Å². The fourth-order valence-electron chi connectivity index (χ4n) is 2.48. The van der Waals surface area contributed by atoms with E-state index in [-0.39, 0.29) is 5.92 Å². The summed E-state index contributed by atoms with van der Waals surface area (Å²) in [4.78, 5) is 5.31. The first-order chi connectivity index (χ1) is 10.3. The van der Waals surface area contributed by atoms with Crippen LogP contribution in [-0.2, 0) is 6.42 Å². The highest BCUT2D eigenvalue weighted by atomic mass is 32.1. The van der Waals surface area contributed by atoms with E-state index >= 15 is 0 Å². The van der Waals surface area contributed by atoms with Gasteiger partial charge in [-0.3, -0.25) is 0 Å².